The molecule has 2 rings (SSSR count). The normalized spacial score (nSPS) is 23.2. The average Bonchev–Trinajstić information content (AvgIpc) is 2.76. The van der Waals surface area contributed by atoms with Gasteiger partial charge in [-0.2, -0.15) is 0 Å². The van der Waals surface area contributed by atoms with Crippen molar-refractivity contribution in [2.45, 2.75) is 43.7 Å². The summed E-state index contributed by atoms with van der Waals surface area (Å²) in [6, 6.07) is 2.31. The smallest absolute Gasteiger partial charge is 0.243 e. The van der Waals surface area contributed by atoms with E-state index in [1.54, 1.807) is 0 Å². The molecule has 0 spiro atoms. The number of benzene rings is 1. The van der Waals surface area contributed by atoms with Gasteiger partial charge in [-0.3, -0.25) is 0 Å². The third-order valence-electron chi connectivity index (χ3n) is 3.76. The maximum Gasteiger partial charge on any atom is 0.243 e. The van der Waals surface area contributed by atoms with E-state index in [9.17, 15) is 12.8 Å². The molecule has 0 aromatic heterocycles. The third kappa shape index (κ3) is 3.14. The molecular weight excluding hydrogens is 303 g/mol. The number of hydrogen-bond donors (Lipinski definition) is 2. The standard InChI is InChI=1S/C13H18ClFN2O2S/c1-8-3-2-4-11(8)17-20(18,19)12-6-10(14)5-9(7-16)13(12)15/h5-6,8,11,17H,2-4,7,16H2,1H3. The molecule has 1 aromatic carbocycles. The number of sulfonamides is 1. The molecule has 1 fully saturated rings. The molecule has 0 saturated heterocycles. The zero-order valence-corrected chi connectivity index (χ0v) is 12.8. The van der Waals surface area contributed by atoms with Crippen LogP contribution in [0.25, 0.3) is 0 Å². The monoisotopic (exact) mass is 320 g/mol. The van der Waals surface area contributed by atoms with E-state index in [1.807, 2.05) is 6.92 Å². The van der Waals surface area contributed by atoms with Crippen LogP contribution in [0.4, 0.5) is 4.39 Å². The molecule has 2 unspecified atom stereocenters. The zero-order chi connectivity index (χ0) is 14.9. The van der Waals surface area contributed by atoms with Gasteiger partial charge in [-0.05, 0) is 30.9 Å². The predicted molar refractivity (Wildman–Crippen MR) is 76.4 cm³/mol. The average molecular weight is 321 g/mol. The second-order valence-corrected chi connectivity index (χ2v) is 7.34. The molecule has 0 heterocycles. The number of hydrogen-bond acceptors (Lipinski definition) is 3. The molecule has 20 heavy (non-hydrogen) atoms. The van der Waals surface area contributed by atoms with Crippen molar-refractivity contribution in [3.05, 3.63) is 28.5 Å². The van der Waals surface area contributed by atoms with Crippen LogP contribution in [0.3, 0.4) is 0 Å². The van der Waals surface area contributed by atoms with E-state index in [1.165, 1.54) is 6.07 Å². The Morgan fingerprint density at radius 2 is 2.15 bits per heavy atom. The summed E-state index contributed by atoms with van der Waals surface area (Å²) in [7, 11) is -3.93. The van der Waals surface area contributed by atoms with Crippen molar-refractivity contribution in [1.29, 1.82) is 0 Å². The minimum absolute atomic E-state index is 0.0948. The Kier molecular flexibility index (Phi) is 4.69. The van der Waals surface area contributed by atoms with Crippen molar-refractivity contribution in [3.8, 4) is 0 Å². The summed E-state index contributed by atoms with van der Waals surface area (Å²) >= 11 is 5.84. The third-order valence-corrected chi connectivity index (χ3v) is 5.46. The van der Waals surface area contributed by atoms with Crippen molar-refractivity contribution in [2.75, 3.05) is 0 Å². The first-order chi connectivity index (χ1) is 9.35. The maximum absolute atomic E-state index is 14.2. The molecule has 4 nitrogen and oxygen atoms in total. The van der Waals surface area contributed by atoms with Gasteiger partial charge in [0.2, 0.25) is 10.0 Å². The van der Waals surface area contributed by atoms with E-state index < -0.39 is 20.7 Å². The summed E-state index contributed by atoms with van der Waals surface area (Å²) in [6.45, 7) is 1.88. The molecule has 3 N–H and O–H groups in total. The summed E-state index contributed by atoms with van der Waals surface area (Å²) < 4.78 is 41.4. The summed E-state index contributed by atoms with van der Waals surface area (Å²) in [5.41, 5.74) is 5.50. The van der Waals surface area contributed by atoms with Gasteiger partial charge in [-0.15, -0.1) is 0 Å². The molecule has 1 aromatic rings. The Morgan fingerprint density at radius 3 is 2.70 bits per heavy atom. The van der Waals surface area contributed by atoms with Gasteiger partial charge in [0.25, 0.3) is 0 Å². The van der Waals surface area contributed by atoms with Crippen LogP contribution in [0.15, 0.2) is 17.0 Å². The summed E-state index contributed by atoms with van der Waals surface area (Å²) in [5.74, 6) is -0.573. The predicted octanol–water partition coefficient (Wildman–Crippen LogP) is 2.40. The quantitative estimate of drug-likeness (QED) is 0.894. The van der Waals surface area contributed by atoms with Gasteiger partial charge in [0.15, 0.2) is 0 Å². The Bertz CT molecular complexity index is 607. The summed E-state index contributed by atoms with van der Waals surface area (Å²) in [6.07, 6.45) is 2.71. The highest BCUT2D eigenvalue weighted by atomic mass is 35.5. The van der Waals surface area contributed by atoms with E-state index in [0.717, 1.165) is 25.3 Å². The van der Waals surface area contributed by atoms with Crippen LogP contribution in [0, 0.1) is 11.7 Å². The molecule has 112 valence electrons. The van der Waals surface area contributed by atoms with E-state index in [4.69, 9.17) is 17.3 Å². The number of rotatable bonds is 4. The molecule has 1 aliphatic rings. The SMILES string of the molecule is CC1CCCC1NS(=O)(=O)c1cc(Cl)cc(CN)c1F. The fourth-order valence-corrected chi connectivity index (χ4v) is 4.38. The van der Waals surface area contributed by atoms with Crippen LogP contribution in [0.2, 0.25) is 5.02 Å². The van der Waals surface area contributed by atoms with E-state index in [0.29, 0.717) is 0 Å². The number of halogens is 2. The lowest BCUT2D eigenvalue weighted by Crippen LogP contribution is -2.37. The molecular formula is C13H18ClFN2O2S. The van der Waals surface area contributed by atoms with E-state index in [2.05, 4.69) is 4.72 Å². The highest BCUT2D eigenvalue weighted by Crippen LogP contribution is 2.28. The van der Waals surface area contributed by atoms with Crippen LogP contribution in [0.1, 0.15) is 31.7 Å². The Balaban J connectivity index is 2.36. The zero-order valence-electron chi connectivity index (χ0n) is 11.2. The lowest BCUT2D eigenvalue weighted by molar-refractivity contribution is 0.473. The van der Waals surface area contributed by atoms with Crippen LogP contribution < -0.4 is 10.5 Å². The summed E-state index contributed by atoms with van der Waals surface area (Å²) in [4.78, 5) is -0.426. The van der Waals surface area contributed by atoms with Crippen molar-refractivity contribution >= 4 is 21.6 Å². The molecule has 0 bridgehead atoms. The van der Waals surface area contributed by atoms with Crippen molar-refractivity contribution < 1.29 is 12.8 Å². The fraction of sp³-hybridized carbons (Fsp3) is 0.538. The lowest BCUT2D eigenvalue weighted by atomic mass is 10.1. The molecule has 0 amide bonds. The van der Waals surface area contributed by atoms with Crippen LogP contribution >= 0.6 is 11.6 Å². The second-order valence-electron chi connectivity index (χ2n) is 5.22. The van der Waals surface area contributed by atoms with Gasteiger partial charge >= 0.3 is 0 Å². The van der Waals surface area contributed by atoms with Gasteiger partial charge < -0.3 is 5.73 Å². The van der Waals surface area contributed by atoms with Crippen LogP contribution in [0.5, 0.6) is 0 Å². The van der Waals surface area contributed by atoms with E-state index >= 15 is 0 Å². The Hall–Kier alpha value is -0.690. The van der Waals surface area contributed by atoms with Crippen molar-refractivity contribution in [3.63, 3.8) is 0 Å². The van der Waals surface area contributed by atoms with Gasteiger partial charge in [-0.1, -0.05) is 24.9 Å². The largest absolute Gasteiger partial charge is 0.326 e. The summed E-state index contributed by atoms with van der Waals surface area (Å²) in [5, 5.41) is 0.159. The fourth-order valence-electron chi connectivity index (χ4n) is 2.55. The molecule has 2 atom stereocenters. The second kappa shape index (κ2) is 5.97. The van der Waals surface area contributed by atoms with Crippen LogP contribution in [-0.2, 0) is 16.6 Å². The first-order valence-electron chi connectivity index (χ1n) is 6.55. The lowest BCUT2D eigenvalue weighted by Gasteiger charge is -2.18. The minimum Gasteiger partial charge on any atom is -0.326 e. The Morgan fingerprint density at radius 1 is 1.45 bits per heavy atom. The molecule has 0 radical (unpaired) electrons. The van der Waals surface area contributed by atoms with Crippen LogP contribution in [-0.4, -0.2) is 14.5 Å². The first-order valence-corrected chi connectivity index (χ1v) is 8.41. The van der Waals surface area contributed by atoms with Crippen molar-refractivity contribution in [1.82, 2.24) is 4.72 Å². The van der Waals surface area contributed by atoms with Gasteiger partial charge in [-0.25, -0.2) is 17.5 Å². The highest BCUT2D eigenvalue weighted by Gasteiger charge is 2.30. The molecule has 0 aliphatic heterocycles. The number of nitrogens with one attached hydrogen (secondary N) is 1. The van der Waals surface area contributed by atoms with Gasteiger partial charge in [0, 0.05) is 23.2 Å². The van der Waals surface area contributed by atoms with E-state index in [-0.39, 0.29) is 29.1 Å². The first kappa shape index (κ1) is 15.7. The van der Waals surface area contributed by atoms with Gasteiger partial charge in [0.05, 0.1) is 0 Å². The molecule has 7 heteroatoms. The Labute approximate surface area is 123 Å². The van der Waals surface area contributed by atoms with Crippen molar-refractivity contribution in [2.24, 2.45) is 11.7 Å². The highest BCUT2D eigenvalue weighted by molar-refractivity contribution is 7.89. The van der Waals surface area contributed by atoms with Gasteiger partial charge in [0.1, 0.15) is 10.7 Å². The minimum atomic E-state index is -3.93. The topological polar surface area (TPSA) is 72.2 Å². The maximum atomic E-state index is 14.2. The number of nitrogens with two attached hydrogens (primary N) is 1. The molecule has 1 aliphatic carbocycles. The molecule has 1 saturated carbocycles.